The van der Waals surface area contributed by atoms with Crippen LogP contribution in [0.4, 0.5) is 9.18 Å². The summed E-state index contributed by atoms with van der Waals surface area (Å²) in [5.41, 5.74) is 1.52. The van der Waals surface area contributed by atoms with E-state index in [1.54, 1.807) is 23.2 Å². The highest BCUT2D eigenvalue weighted by Crippen LogP contribution is 2.59. The normalized spacial score (nSPS) is 23.4. The van der Waals surface area contributed by atoms with E-state index in [0.29, 0.717) is 32.0 Å². The Hall–Kier alpha value is -2.96. The number of piperidine rings is 1. The lowest BCUT2D eigenvalue weighted by atomic mass is 9.62. The Morgan fingerprint density at radius 3 is 2.52 bits per heavy atom. The van der Waals surface area contributed by atoms with Gasteiger partial charge < -0.3 is 15.1 Å². The molecule has 162 valence electrons. The molecule has 2 atom stereocenters. The van der Waals surface area contributed by atoms with Gasteiger partial charge >= 0.3 is 6.03 Å². The third kappa shape index (κ3) is 3.46. The first-order valence-corrected chi connectivity index (χ1v) is 11.0. The average molecular weight is 423 g/mol. The van der Waals surface area contributed by atoms with Crippen molar-refractivity contribution >= 4 is 11.9 Å². The van der Waals surface area contributed by atoms with Gasteiger partial charge in [0.1, 0.15) is 5.82 Å². The molecule has 1 unspecified atom stereocenters. The minimum absolute atomic E-state index is 0.0598. The summed E-state index contributed by atoms with van der Waals surface area (Å²) < 4.78 is 13.2. The standard InChI is InChI=1S/C24H27FN4O2/c1-16(17-4-6-19(25)7-5-17)27-23(31)28-13-10-24(11-14-28)21(18-3-2-12-26-15-18)29(22(24)30)20-8-9-20/h2-7,12,15-16,20-21H,8-11,13-14H2,1H3,(H,27,31)/t16-,21?/m0/s1. The van der Waals surface area contributed by atoms with Crippen molar-refractivity contribution in [3.63, 3.8) is 0 Å². The molecule has 0 bridgehead atoms. The number of carbonyl (C=O) groups is 2. The van der Waals surface area contributed by atoms with Crippen molar-refractivity contribution in [3.8, 4) is 0 Å². The molecule has 6 nitrogen and oxygen atoms in total. The lowest BCUT2D eigenvalue weighted by Crippen LogP contribution is -2.67. The molecule has 3 amide bonds. The van der Waals surface area contributed by atoms with Crippen LogP contribution in [-0.4, -0.2) is 45.9 Å². The van der Waals surface area contributed by atoms with Crippen molar-refractivity contribution in [2.75, 3.05) is 13.1 Å². The highest BCUT2D eigenvalue weighted by atomic mass is 19.1. The third-order valence-electron chi connectivity index (χ3n) is 7.06. The summed E-state index contributed by atoms with van der Waals surface area (Å²) in [4.78, 5) is 34.2. The number of rotatable bonds is 4. The SMILES string of the molecule is C[C@H](NC(=O)N1CCC2(CC1)C(=O)N(C1CC1)C2c1cccnc1)c1ccc(F)cc1. The fourth-order valence-corrected chi connectivity index (χ4v) is 5.15. The number of pyridine rings is 1. The van der Waals surface area contributed by atoms with Gasteiger partial charge in [-0.3, -0.25) is 9.78 Å². The zero-order valence-electron chi connectivity index (χ0n) is 17.6. The van der Waals surface area contributed by atoms with Crippen LogP contribution in [-0.2, 0) is 4.79 Å². The van der Waals surface area contributed by atoms with Gasteiger partial charge in [0.25, 0.3) is 0 Å². The van der Waals surface area contributed by atoms with Crippen molar-refractivity contribution in [1.29, 1.82) is 0 Å². The van der Waals surface area contributed by atoms with Crippen molar-refractivity contribution in [1.82, 2.24) is 20.1 Å². The average Bonchev–Trinajstić information content (AvgIpc) is 3.63. The Balaban J connectivity index is 1.26. The largest absolute Gasteiger partial charge is 0.331 e. The van der Waals surface area contributed by atoms with Gasteiger partial charge in [0.15, 0.2) is 0 Å². The molecule has 1 aromatic heterocycles. The summed E-state index contributed by atoms with van der Waals surface area (Å²) in [5.74, 6) is -0.0548. The maximum Gasteiger partial charge on any atom is 0.317 e. The van der Waals surface area contributed by atoms with Crippen LogP contribution in [0, 0.1) is 11.2 Å². The van der Waals surface area contributed by atoms with Gasteiger partial charge in [0.2, 0.25) is 5.91 Å². The molecule has 0 radical (unpaired) electrons. The zero-order chi connectivity index (χ0) is 21.6. The second-order valence-electron chi connectivity index (χ2n) is 9.00. The van der Waals surface area contributed by atoms with E-state index >= 15 is 0 Å². The highest BCUT2D eigenvalue weighted by molar-refractivity contribution is 5.91. The molecular weight excluding hydrogens is 395 g/mol. The van der Waals surface area contributed by atoms with Crippen LogP contribution in [0.25, 0.3) is 0 Å². The van der Waals surface area contributed by atoms with E-state index in [1.165, 1.54) is 12.1 Å². The number of carbonyl (C=O) groups excluding carboxylic acids is 2. The van der Waals surface area contributed by atoms with E-state index < -0.39 is 5.41 Å². The van der Waals surface area contributed by atoms with Crippen LogP contribution in [0.3, 0.4) is 0 Å². The Bertz CT molecular complexity index is 969. The van der Waals surface area contributed by atoms with Gasteiger partial charge in [-0.1, -0.05) is 18.2 Å². The molecule has 2 aliphatic heterocycles. The molecule has 7 heteroatoms. The summed E-state index contributed by atoms with van der Waals surface area (Å²) in [6.07, 6.45) is 7.10. The Labute approximate surface area is 181 Å². The molecule has 2 aromatic rings. The minimum atomic E-state index is -0.426. The maximum atomic E-state index is 13.2. The molecule has 1 saturated carbocycles. The van der Waals surface area contributed by atoms with E-state index in [2.05, 4.69) is 21.3 Å². The summed E-state index contributed by atoms with van der Waals surface area (Å²) in [6.45, 7) is 2.98. The summed E-state index contributed by atoms with van der Waals surface area (Å²) >= 11 is 0. The minimum Gasteiger partial charge on any atom is -0.331 e. The van der Waals surface area contributed by atoms with Crippen molar-refractivity contribution in [3.05, 3.63) is 65.7 Å². The maximum absolute atomic E-state index is 13.2. The number of urea groups is 1. The van der Waals surface area contributed by atoms with Gasteiger partial charge in [-0.15, -0.1) is 0 Å². The first-order chi connectivity index (χ1) is 15.0. The lowest BCUT2D eigenvalue weighted by molar-refractivity contribution is -0.181. The second-order valence-corrected chi connectivity index (χ2v) is 9.00. The second kappa shape index (κ2) is 7.62. The van der Waals surface area contributed by atoms with E-state index in [0.717, 1.165) is 24.0 Å². The predicted molar refractivity (Wildman–Crippen MR) is 113 cm³/mol. The van der Waals surface area contributed by atoms with Crippen molar-refractivity contribution in [2.45, 2.75) is 50.7 Å². The van der Waals surface area contributed by atoms with Crippen LogP contribution >= 0.6 is 0 Å². The van der Waals surface area contributed by atoms with E-state index in [4.69, 9.17) is 0 Å². The number of hydrogen-bond acceptors (Lipinski definition) is 3. The topological polar surface area (TPSA) is 65.5 Å². The number of amides is 3. The molecule has 1 spiro atoms. The van der Waals surface area contributed by atoms with Crippen LogP contribution in [0.1, 0.15) is 55.8 Å². The van der Waals surface area contributed by atoms with E-state index in [-0.39, 0.29) is 29.8 Å². The fourth-order valence-electron chi connectivity index (χ4n) is 5.15. The number of hydrogen-bond donors (Lipinski definition) is 1. The molecule has 3 heterocycles. The number of aromatic nitrogens is 1. The highest BCUT2D eigenvalue weighted by Gasteiger charge is 2.64. The monoisotopic (exact) mass is 422 g/mol. The first kappa shape index (κ1) is 20.0. The molecule has 3 fully saturated rings. The fraction of sp³-hybridized carbons (Fsp3) is 0.458. The molecule has 1 N–H and O–H groups in total. The lowest BCUT2D eigenvalue weighted by Gasteiger charge is -2.59. The number of likely N-dealkylation sites (tertiary alicyclic amines) is 2. The predicted octanol–water partition coefficient (Wildman–Crippen LogP) is 3.82. The smallest absolute Gasteiger partial charge is 0.317 e. The van der Waals surface area contributed by atoms with Gasteiger partial charge in [-0.25, -0.2) is 9.18 Å². The van der Waals surface area contributed by atoms with Gasteiger partial charge in [-0.2, -0.15) is 0 Å². The Morgan fingerprint density at radius 2 is 1.90 bits per heavy atom. The number of nitrogens with zero attached hydrogens (tertiary/aromatic N) is 3. The Kier molecular flexibility index (Phi) is 4.91. The first-order valence-electron chi connectivity index (χ1n) is 11.0. The molecule has 3 aliphatic rings. The van der Waals surface area contributed by atoms with Gasteiger partial charge in [0, 0.05) is 31.5 Å². The molecule has 2 saturated heterocycles. The van der Waals surface area contributed by atoms with Gasteiger partial charge in [0.05, 0.1) is 17.5 Å². The van der Waals surface area contributed by atoms with E-state index in [1.807, 2.05) is 19.2 Å². The molecule has 5 rings (SSSR count). The quantitative estimate of drug-likeness (QED) is 0.762. The van der Waals surface area contributed by atoms with Crippen LogP contribution in [0.15, 0.2) is 48.8 Å². The van der Waals surface area contributed by atoms with Gasteiger partial charge in [-0.05, 0) is 61.9 Å². The van der Waals surface area contributed by atoms with Crippen molar-refractivity contribution in [2.24, 2.45) is 5.41 Å². The summed E-state index contributed by atoms with van der Waals surface area (Å²) in [6, 6.07) is 10.2. The molecule has 1 aromatic carbocycles. The summed E-state index contributed by atoms with van der Waals surface area (Å²) in [7, 11) is 0. The van der Waals surface area contributed by atoms with Crippen LogP contribution in [0.5, 0.6) is 0 Å². The number of halogens is 1. The third-order valence-corrected chi connectivity index (χ3v) is 7.06. The molecule has 1 aliphatic carbocycles. The Morgan fingerprint density at radius 1 is 1.19 bits per heavy atom. The van der Waals surface area contributed by atoms with Crippen molar-refractivity contribution < 1.29 is 14.0 Å². The number of nitrogens with one attached hydrogen (secondary N) is 1. The summed E-state index contributed by atoms with van der Waals surface area (Å²) in [5, 5.41) is 3.00. The van der Waals surface area contributed by atoms with Crippen LogP contribution in [0.2, 0.25) is 0 Å². The molecule has 31 heavy (non-hydrogen) atoms. The molecular formula is C24H27FN4O2. The zero-order valence-corrected chi connectivity index (χ0v) is 17.6. The van der Waals surface area contributed by atoms with Crippen LogP contribution < -0.4 is 5.32 Å². The number of benzene rings is 1. The number of β-lactam (4-membered cyclic amide) rings is 1. The van der Waals surface area contributed by atoms with E-state index in [9.17, 15) is 14.0 Å².